The predicted molar refractivity (Wildman–Crippen MR) is 202 cm³/mol. The molecular weight excluding hydrogens is 601 g/mol. The minimum Gasteiger partial charge on any atom is -0.458 e. The van der Waals surface area contributed by atoms with Gasteiger partial charge in [-0.1, -0.05) is 81.4 Å². The van der Waals surface area contributed by atoms with Gasteiger partial charge in [0.25, 0.3) is 6.71 Å². The predicted octanol–water partition coefficient (Wildman–Crippen LogP) is 10.2. The second-order valence-electron chi connectivity index (χ2n) is 14.2. The number of rotatable bonds is 3. The van der Waals surface area contributed by atoms with Crippen LogP contribution in [0.1, 0.15) is 26.3 Å². The molecule has 7 aromatic carbocycles. The molecule has 5 heteroatoms. The van der Waals surface area contributed by atoms with Crippen LogP contribution in [0.3, 0.4) is 0 Å². The smallest absolute Gasteiger partial charge is 0.260 e. The normalized spacial score (nSPS) is 13.1. The van der Waals surface area contributed by atoms with Gasteiger partial charge in [0.2, 0.25) is 0 Å². The first-order valence-corrected chi connectivity index (χ1v) is 16.9. The molecule has 0 bridgehead atoms. The molecule has 10 rings (SSSR count). The van der Waals surface area contributed by atoms with Crippen molar-refractivity contribution in [1.29, 1.82) is 0 Å². The van der Waals surface area contributed by atoms with Crippen molar-refractivity contribution in [2.45, 2.75) is 26.2 Å². The maximum atomic E-state index is 6.69. The fourth-order valence-corrected chi connectivity index (χ4v) is 7.64. The summed E-state index contributed by atoms with van der Waals surface area (Å²) in [5.74, 6) is 3.43. The summed E-state index contributed by atoms with van der Waals surface area (Å²) >= 11 is 0. The Kier molecular flexibility index (Phi) is 5.90. The first-order chi connectivity index (χ1) is 23.9. The van der Waals surface area contributed by atoms with E-state index in [-0.39, 0.29) is 12.1 Å². The van der Waals surface area contributed by atoms with Crippen LogP contribution >= 0.6 is 0 Å². The van der Waals surface area contributed by atoms with Gasteiger partial charge < -0.3 is 18.8 Å². The molecule has 0 aliphatic carbocycles. The van der Waals surface area contributed by atoms with Crippen molar-refractivity contribution in [3.8, 4) is 23.0 Å². The van der Waals surface area contributed by atoms with Gasteiger partial charge in [-0.25, -0.2) is 0 Å². The van der Waals surface area contributed by atoms with E-state index < -0.39 is 0 Å². The molecule has 2 aliphatic rings. The first-order valence-electron chi connectivity index (χ1n) is 16.9. The number of para-hydroxylation sites is 2. The Morgan fingerprint density at radius 1 is 0.490 bits per heavy atom. The third-order valence-corrected chi connectivity index (χ3v) is 10.1. The summed E-state index contributed by atoms with van der Waals surface area (Å²) in [6, 6.07) is 49.2. The minimum atomic E-state index is -0.0257. The van der Waals surface area contributed by atoms with E-state index in [1.54, 1.807) is 0 Å². The number of hydrogen-bond donors (Lipinski definition) is 0. The molecule has 0 unspecified atom stereocenters. The highest BCUT2D eigenvalue weighted by molar-refractivity contribution is 6.98. The van der Waals surface area contributed by atoms with Gasteiger partial charge in [0.05, 0.1) is 0 Å². The average Bonchev–Trinajstić information content (AvgIpc) is 3.46. The van der Waals surface area contributed by atoms with Crippen molar-refractivity contribution in [2.75, 3.05) is 4.90 Å². The maximum absolute atomic E-state index is 6.69. The van der Waals surface area contributed by atoms with Crippen LogP contribution in [0.4, 0.5) is 17.1 Å². The SMILES string of the molecule is CC(C)(C)c1ccc2c(c1)B1c3cc4oc5cc6cc(N(c7ccccc7)c7ccccc7)ccc6cc5c4cc3Oc3cccc(c31)O2. The van der Waals surface area contributed by atoms with Gasteiger partial charge in [-0.3, -0.25) is 0 Å². The van der Waals surface area contributed by atoms with E-state index >= 15 is 0 Å². The summed E-state index contributed by atoms with van der Waals surface area (Å²) in [7, 11) is 0. The molecule has 0 atom stereocenters. The summed E-state index contributed by atoms with van der Waals surface area (Å²) in [6.07, 6.45) is 0. The Hall–Kier alpha value is -5.94. The standard InChI is InChI=1S/C44H32BNO3/c1-44(2,3)29-18-20-37-35(24-29)45-36-26-41-34(25-42(36)48-39-16-10-15-38(47-37)43(39)45)33-22-27-17-19-32(21-28(27)23-40(33)49-41)46(30-11-6-4-7-12-30)31-13-8-5-9-14-31/h4-26H,1-3H3. The van der Waals surface area contributed by atoms with E-state index in [0.717, 1.165) is 89.2 Å². The van der Waals surface area contributed by atoms with Crippen LogP contribution in [0.2, 0.25) is 0 Å². The van der Waals surface area contributed by atoms with E-state index in [4.69, 9.17) is 13.9 Å². The number of hydrogen-bond acceptors (Lipinski definition) is 4. The van der Waals surface area contributed by atoms with Crippen LogP contribution in [-0.4, -0.2) is 6.71 Å². The third kappa shape index (κ3) is 4.39. The van der Waals surface area contributed by atoms with Crippen LogP contribution in [0.15, 0.2) is 144 Å². The van der Waals surface area contributed by atoms with Gasteiger partial charge in [0.1, 0.15) is 34.2 Å². The second kappa shape index (κ2) is 10.3. The average molecular weight is 634 g/mol. The lowest BCUT2D eigenvalue weighted by Crippen LogP contribution is -2.57. The largest absolute Gasteiger partial charge is 0.458 e. The Morgan fingerprint density at radius 3 is 1.86 bits per heavy atom. The van der Waals surface area contributed by atoms with Crippen molar-refractivity contribution in [1.82, 2.24) is 0 Å². The number of furan rings is 1. The Morgan fingerprint density at radius 2 is 1.14 bits per heavy atom. The Labute approximate surface area is 285 Å². The molecule has 0 saturated carbocycles. The maximum Gasteiger partial charge on any atom is 0.260 e. The van der Waals surface area contributed by atoms with Crippen molar-refractivity contribution in [3.05, 3.63) is 145 Å². The molecule has 49 heavy (non-hydrogen) atoms. The van der Waals surface area contributed by atoms with Gasteiger partial charge in [-0.2, -0.15) is 0 Å². The zero-order valence-corrected chi connectivity index (χ0v) is 27.5. The summed E-state index contributed by atoms with van der Waals surface area (Å²) < 4.78 is 19.8. The molecule has 0 radical (unpaired) electrons. The summed E-state index contributed by atoms with van der Waals surface area (Å²) in [4.78, 5) is 2.29. The molecule has 2 aliphatic heterocycles. The summed E-state index contributed by atoms with van der Waals surface area (Å²) in [5.41, 5.74) is 9.62. The van der Waals surface area contributed by atoms with Crippen LogP contribution in [0.25, 0.3) is 32.7 Å². The van der Waals surface area contributed by atoms with Gasteiger partial charge in [0, 0.05) is 33.3 Å². The monoisotopic (exact) mass is 633 g/mol. The van der Waals surface area contributed by atoms with Crippen LogP contribution < -0.4 is 30.8 Å². The molecule has 0 spiro atoms. The van der Waals surface area contributed by atoms with Crippen molar-refractivity contribution in [2.24, 2.45) is 0 Å². The molecule has 8 aromatic rings. The highest BCUT2D eigenvalue weighted by Crippen LogP contribution is 2.41. The molecule has 0 saturated heterocycles. The lowest BCUT2D eigenvalue weighted by atomic mass is 9.34. The highest BCUT2D eigenvalue weighted by atomic mass is 16.5. The molecule has 0 amide bonds. The minimum absolute atomic E-state index is 0.00655. The molecule has 0 N–H and O–H groups in total. The number of ether oxygens (including phenoxy) is 2. The summed E-state index contributed by atoms with van der Waals surface area (Å²) in [6.45, 7) is 6.73. The molecule has 1 aromatic heterocycles. The van der Waals surface area contributed by atoms with Crippen LogP contribution in [0.5, 0.6) is 23.0 Å². The Balaban J connectivity index is 1.14. The molecule has 3 heterocycles. The molecule has 0 fully saturated rings. The first kappa shape index (κ1) is 28.1. The fourth-order valence-electron chi connectivity index (χ4n) is 7.64. The van der Waals surface area contributed by atoms with Gasteiger partial charge in [-0.15, -0.1) is 0 Å². The van der Waals surface area contributed by atoms with Gasteiger partial charge in [-0.05, 0) is 112 Å². The van der Waals surface area contributed by atoms with E-state index in [2.05, 4.69) is 147 Å². The molecule has 234 valence electrons. The van der Waals surface area contributed by atoms with Crippen molar-refractivity contribution >= 4 is 72.9 Å². The lowest BCUT2D eigenvalue weighted by Gasteiger charge is -2.33. The molecule has 4 nitrogen and oxygen atoms in total. The van der Waals surface area contributed by atoms with E-state index in [1.807, 2.05) is 18.2 Å². The lowest BCUT2D eigenvalue weighted by molar-refractivity contribution is 0.464. The van der Waals surface area contributed by atoms with E-state index in [9.17, 15) is 0 Å². The van der Waals surface area contributed by atoms with Crippen molar-refractivity contribution < 1.29 is 13.9 Å². The van der Waals surface area contributed by atoms with Gasteiger partial charge >= 0.3 is 0 Å². The van der Waals surface area contributed by atoms with E-state index in [0.29, 0.717) is 0 Å². The number of nitrogens with zero attached hydrogens (tertiary/aromatic N) is 1. The third-order valence-electron chi connectivity index (χ3n) is 10.1. The Bertz CT molecular complexity index is 2560. The zero-order chi connectivity index (χ0) is 32.9. The fraction of sp³-hybridized carbons (Fsp3) is 0.0909. The molecular formula is C44H32BNO3. The number of fused-ring (bicyclic) bond motifs is 8. The highest BCUT2D eigenvalue weighted by Gasteiger charge is 2.41. The van der Waals surface area contributed by atoms with Gasteiger partial charge in [0.15, 0.2) is 0 Å². The van der Waals surface area contributed by atoms with E-state index in [1.165, 1.54) is 5.56 Å². The van der Waals surface area contributed by atoms with Crippen LogP contribution in [0, 0.1) is 0 Å². The zero-order valence-electron chi connectivity index (χ0n) is 27.5. The summed E-state index contributed by atoms with van der Waals surface area (Å²) in [5, 5.41) is 4.39. The second-order valence-corrected chi connectivity index (χ2v) is 14.2. The van der Waals surface area contributed by atoms with Crippen molar-refractivity contribution in [3.63, 3.8) is 0 Å². The number of anilines is 3. The number of benzene rings is 7. The quantitative estimate of drug-likeness (QED) is 0.181. The topological polar surface area (TPSA) is 34.8 Å². The van der Waals surface area contributed by atoms with Crippen LogP contribution in [-0.2, 0) is 5.41 Å².